The topological polar surface area (TPSA) is 82.2 Å². The van der Waals surface area contributed by atoms with Gasteiger partial charge in [-0.2, -0.15) is 4.98 Å². The van der Waals surface area contributed by atoms with Gasteiger partial charge in [-0.15, -0.1) is 0 Å². The van der Waals surface area contributed by atoms with E-state index in [1.165, 1.54) is 19.2 Å². The van der Waals surface area contributed by atoms with E-state index in [2.05, 4.69) is 15.5 Å². The lowest BCUT2D eigenvalue weighted by Crippen LogP contribution is -2.18. The van der Waals surface area contributed by atoms with E-state index in [1.807, 2.05) is 0 Å². The van der Waals surface area contributed by atoms with Crippen molar-refractivity contribution in [2.75, 3.05) is 12.4 Å². The number of aromatic nitrogens is 3. The molecule has 30 heavy (non-hydrogen) atoms. The molecule has 0 fully saturated rings. The molecule has 4 rings (SSSR count). The molecule has 0 unspecified atom stereocenters. The maximum atomic E-state index is 14.0. The summed E-state index contributed by atoms with van der Waals surface area (Å²) in [5.74, 6) is -0.208. The number of nitrogens with zero attached hydrogens (tertiary/aromatic N) is 3. The molecule has 0 saturated heterocycles. The molecular formula is C21H16ClFN4O3. The Morgan fingerprint density at radius 1 is 1.23 bits per heavy atom. The highest BCUT2D eigenvalue weighted by Gasteiger charge is 2.16. The first kappa shape index (κ1) is 19.7. The molecule has 0 bridgehead atoms. The number of halogens is 2. The van der Waals surface area contributed by atoms with Gasteiger partial charge in [0, 0.05) is 22.5 Å². The molecule has 0 aliphatic rings. The normalized spacial score (nSPS) is 10.8. The molecule has 1 N–H and O–H groups in total. The molecule has 2 aromatic heterocycles. The van der Waals surface area contributed by atoms with Gasteiger partial charge < -0.3 is 19.1 Å². The lowest BCUT2D eigenvalue weighted by Gasteiger charge is -2.08. The van der Waals surface area contributed by atoms with Crippen molar-refractivity contribution in [3.05, 3.63) is 71.6 Å². The molecule has 2 aromatic carbocycles. The highest BCUT2D eigenvalue weighted by atomic mass is 35.5. The minimum atomic E-state index is -0.526. The van der Waals surface area contributed by atoms with Crippen LogP contribution in [0.15, 0.2) is 65.3 Å². The lowest BCUT2D eigenvalue weighted by molar-refractivity contribution is -0.116. The fourth-order valence-electron chi connectivity index (χ4n) is 2.92. The van der Waals surface area contributed by atoms with Crippen molar-refractivity contribution in [2.45, 2.75) is 6.54 Å². The van der Waals surface area contributed by atoms with Gasteiger partial charge in [-0.3, -0.25) is 4.79 Å². The van der Waals surface area contributed by atoms with Crippen LogP contribution in [0.5, 0.6) is 5.75 Å². The summed E-state index contributed by atoms with van der Waals surface area (Å²) in [6.07, 6.45) is 1.73. The van der Waals surface area contributed by atoms with Gasteiger partial charge in [-0.1, -0.05) is 22.8 Å². The number of anilines is 1. The van der Waals surface area contributed by atoms with Crippen molar-refractivity contribution in [1.82, 2.24) is 14.7 Å². The third kappa shape index (κ3) is 4.18. The summed E-state index contributed by atoms with van der Waals surface area (Å²) >= 11 is 5.94. The summed E-state index contributed by atoms with van der Waals surface area (Å²) < 4.78 is 25.9. The SMILES string of the molecule is COc1ccc(-c2noc(-c3cccn3CC(=O)Nc3cccc(Cl)c3)n2)cc1F. The lowest BCUT2D eigenvalue weighted by atomic mass is 10.2. The number of carbonyl (C=O) groups is 1. The van der Waals surface area contributed by atoms with E-state index in [-0.39, 0.29) is 29.9 Å². The minimum absolute atomic E-state index is 0.0315. The van der Waals surface area contributed by atoms with E-state index in [1.54, 1.807) is 53.2 Å². The average Bonchev–Trinajstić information content (AvgIpc) is 3.37. The van der Waals surface area contributed by atoms with E-state index in [4.69, 9.17) is 20.9 Å². The molecule has 0 spiro atoms. The molecule has 9 heteroatoms. The second-order valence-electron chi connectivity index (χ2n) is 6.35. The van der Waals surface area contributed by atoms with Gasteiger partial charge in [-0.05, 0) is 48.5 Å². The van der Waals surface area contributed by atoms with Gasteiger partial charge in [0.05, 0.1) is 7.11 Å². The monoisotopic (exact) mass is 426 g/mol. The Morgan fingerprint density at radius 2 is 2.10 bits per heavy atom. The maximum absolute atomic E-state index is 14.0. The Kier molecular flexibility index (Phi) is 5.49. The van der Waals surface area contributed by atoms with E-state index in [0.717, 1.165) is 0 Å². The number of carbonyl (C=O) groups excluding carboxylic acids is 1. The minimum Gasteiger partial charge on any atom is -0.494 e. The zero-order chi connectivity index (χ0) is 21.1. The number of hydrogen-bond donors (Lipinski definition) is 1. The number of rotatable bonds is 6. The van der Waals surface area contributed by atoms with Gasteiger partial charge in [0.15, 0.2) is 11.6 Å². The summed E-state index contributed by atoms with van der Waals surface area (Å²) in [6.45, 7) is 0.0315. The summed E-state index contributed by atoms with van der Waals surface area (Å²) in [6, 6.07) is 14.8. The molecule has 0 saturated carbocycles. The Labute approximate surface area is 176 Å². The maximum Gasteiger partial charge on any atom is 0.274 e. The Hall–Kier alpha value is -3.65. The Morgan fingerprint density at radius 3 is 2.87 bits per heavy atom. The van der Waals surface area contributed by atoms with Gasteiger partial charge in [0.2, 0.25) is 11.7 Å². The van der Waals surface area contributed by atoms with Crippen molar-refractivity contribution < 1.29 is 18.4 Å². The third-order valence-electron chi connectivity index (χ3n) is 4.31. The van der Waals surface area contributed by atoms with Gasteiger partial charge in [-0.25, -0.2) is 4.39 Å². The number of ether oxygens (including phenoxy) is 1. The number of amides is 1. The van der Waals surface area contributed by atoms with Crippen molar-refractivity contribution in [3.8, 4) is 28.7 Å². The van der Waals surface area contributed by atoms with E-state index >= 15 is 0 Å². The molecule has 0 aliphatic heterocycles. The van der Waals surface area contributed by atoms with Crippen LogP contribution in [-0.2, 0) is 11.3 Å². The predicted octanol–water partition coefficient (Wildman–Crippen LogP) is 4.64. The zero-order valence-corrected chi connectivity index (χ0v) is 16.6. The van der Waals surface area contributed by atoms with Crippen LogP contribution >= 0.6 is 11.6 Å². The zero-order valence-electron chi connectivity index (χ0n) is 15.8. The van der Waals surface area contributed by atoms with E-state index in [0.29, 0.717) is 22.0 Å². The van der Waals surface area contributed by atoms with Crippen LogP contribution in [0.2, 0.25) is 5.02 Å². The van der Waals surface area contributed by atoms with Crippen LogP contribution in [0.1, 0.15) is 0 Å². The van der Waals surface area contributed by atoms with Crippen molar-refractivity contribution in [1.29, 1.82) is 0 Å². The summed E-state index contributed by atoms with van der Waals surface area (Å²) in [4.78, 5) is 16.7. The van der Waals surface area contributed by atoms with Gasteiger partial charge in [0.1, 0.15) is 12.2 Å². The molecule has 1 amide bonds. The fourth-order valence-corrected chi connectivity index (χ4v) is 3.11. The first-order valence-electron chi connectivity index (χ1n) is 8.92. The second kappa shape index (κ2) is 8.38. The Bertz CT molecular complexity index is 1200. The molecule has 7 nitrogen and oxygen atoms in total. The molecule has 0 aliphatic carbocycles. The van der Waals surface area contributed by atoms with E-state index < -0.39 is 5.82 Å². The third-order valence-corrected chi connectivity index (χ3v) is 4.54. The molecule has 0 atom stereocenters. The first-order chi connectivity index (χ1) is 14.5. The van der Waals surface area contributed by atoms with Crippen molar-refractivity contribution in [2.24, 2.45) is 0 Å². The van der Waals surface area contributed by atoms with Crippen molar-refractivity contribution in [3.63, 3.8) is 0 Å². The van der Waals surface area contributed by atoms with Crippen LogP contribution in [0, 0.1) is 5.82 Å². The summed E-state index contributed by atoms with van der Waals surface area (Å²) in [5, 5.41) is 7.23. The van der Waals surface area contributed by atoms with Gasteiger partial charge >= 0.3 is 0 Å². The highest BCUT2D eigenvalue weighted by Crippen LogP contribution is 2.26. The Balaban J connectivity index is 1.52. The number of hydrogen-bond acceptors (Lipinski definition) is 5. The van der Waals surface area contributed by atoms with Crippen LogP contribution in [0.4, 0.5) is 10.1 Å². The smallest absolute Gasteiger partial charge is 0.274 e. The average molecular weight is 427 g/mol. The predicted molar refractivity (Wildman–Crippen MR) is 110 cm³/mol. The standard InChI is InChI=1S/C21H16ClFN4O3/c1-29-18-8-7-13(10-16(18)23)20-25-21(30-26-20)17-6-3-9-27(17)12-19(28)24-15-5-2-4-14(22)11-15/h2-11H,12H2,1H3,(H,24,28). The largest absolute Gasteiger partial charge is 0.494 e. The first-order valence-corrected chi connectivity index (χ1v) is 9.30. The van der Waals surface area contributed by atoms with Crippen LogP contribution in [-0.4, -0.2) is 27.7 Å². The fraction of sp³-hybridized carbons (Fsp3) is 0.0952. The van der Waals surface area contributed by atoms with Crippen LogP contribution in [0.25, 0.3) is 23.0 Å². The summed E-state index contributed by atoms with van der Waals surface area (Å²) in [5.41, 5.74) is 1.60. The van der Waals surface area contributed by atoms with Gasteiger partial charge in [0.25, 0.3) is 5.89 Å². The van der Waals surface area contributed by atoms with Crippen molar-refractivity contribution >= 4 is 23.2 Å². The molecule has 2 heterocycles. The molecular weight excluding hydrogens is 411 g/mol. The van der Waals surface area contributed by atoms with Crippen LogP contribution < -0.4 is 10.1 Å². The molecule has 0 radical (unpaired) electrons. The van der Waals surface area contributed by atoms with E-state index in [9.17, 15) is 9.18 Å². The number of nitrogens with one attached hydrogen (secondary N) is 1. The highest BCUT2D eigenvalue weighted by molar-refractivity contribution is 6.30. The number of benzene rings is 2. The molecule has 4 aromatic rings. The quantitative estimate of drug-likeness (QED) is 0.485. The van der Waals surface area contributed by atoms with Crippen LogP contribution in [0.3, 0.4) is 0 Å². The molecule has 152 valence electrons. The number of methoxy groups -OCH3 is 1. The second-order valence-corrected chi connectivity index (χ2v) is 6.79. The summed E-state index contributed by atoms with van der Waals surface area (Å²) in [7, 11) is 1.39.